The minimum absolute atomic E-state index is 0.125. The second-order valence-electron chi connectivity index (χ2n) is 6.53. The van der Waals surface area contributed by atoms with E-state index in [2.05, 4.69) is 10.6 Å². The Labute approximate surface area is 172 Å². The first-order valence-corrected chi connectivity index (χ1v) is 9.60. The summed E-state index contributed by atoms with van der Waals surface area (Å²) in [5, 5.41) is 5.85. The Morgan fingerprint density at radius 1 is 1.25 bits per heavy atom. The van der Waals surface area contributed by atoms with Crippen LogP contribution in [-0.4, -0.2) is 24.5 Å². The van der Waals surface area contributed by atoms with E-state index in [4.69, 9.17) is 27.9 Å². The van der Waals surface area contributed by atoms with Gasteiger partial charge in [-0.3, -0.25) is 9.59 Å². The summed E-state index contributed by atoms with van der Waals surface area (Å²) >= 11 is 12.0. The highest BCUT2D eigenvalue weighted by molar-refractivity contribution is 6.43. The number of rotatable bonds is 4. The average molecular weight is 425 g/mol. The summed E-state index contributed by atoms with van der Waals surface area (Å²) in [4.78, 5) is 25.0. The third kappa shape index (κ3) is 4.56. The van der Waals surface area contributed by atoms with Crippen molar-refractivity contribution in [2.75, 3.05) is 6.61 Å². The first-order chi connectivity index (χ1) is 13.4. The largest absolute Gasteiger partial charge is 0.493 e. The van der Waals surface area contributed by atoms with Gasteiger partial charge in [-0.1, -0.05) is 29.3 Å². The topological polar surface area (TPSA) is 67.4 Å². The van der Waals surface area contributed by atoms with Crippen molar-refractivity contribution in [1.82, 2.24) is 10.6 Å². The quantitative estimate of drug-likeness (QED) is 0.769. The maximum Gasteiger partial charge on any atom is 0.253 e. The van der Waals surface area contributed by atoms with Crippen molar-refractivity contribution in [2.24, 2.45) is 0 Å². The summed E-state index contributed by atoms with van der Waals surface area (Å²) in [6.45, 7) is 2.05. The highest BCUT2D eigenvalue weighted by Gasteiger charge is 2.25. The summed E-state index contributed by atoms with van der Waals surface area (Å²) in [7, 11) is 0. The highest BCUT2D eigenvalue weighted by atomic mass is 35.5. The maximum absolute atomic E-state index is 13.7. The number of carbonyl (C=O) groups is 2. The second-order valence-corrected chi connectivity index (χ2v) is 7.32. The monoisotopic (exact) mass is 424 g/mol. The molecular formula is C20H19Cl2FN2O3. The zero-order valence-electron chi connectivity index (χ0n) is 15.1. The Kier molecular flexibility index (Phi) is 6.42. The van der Waals surface area contributed by atoms with Gasteiger partial charge in [0.1, 0.15) is 17.6 Å². The molecule has 3 rings (SSSR count). The first-order valence-electron chi connectivity index (χ1n) is 8.84. The van der Waals surface area contributed by atoms with E-state index in [1.54, 1.807) is 25.1 Å². The fourth-order valence-electron chi connectivity index (χ4n) is 3.01. The molecular weight excluding hydrogens is 406 g/mol. The molecule has 0 fully saturated rings. The molecule has 148 valence electrons. The molecule has 0 saturated heterocycles. The van der Waals surface area contributed by atoms with Crippen molar-refractivity contribution < 1.29 is 18.7 Å². The Morgan fingerprint density at radius 3 is 2.82 bits per heavy atom. The molecule has 0 aromatic heterocycles. The summed E-state index contributed by atoms with van der Waals surface area (Å²) in [6.07, 6.45) is 1.31. The summed E-state index contributed by atoms with van der Waals surface area (Å²) in [6, 6.07) is 7.70. The smallest absolute Gasteiger partial charge is 0.253 e. The van der Waals surface area contributed by atoms with Crippen LogP contribution in [0.2, 0.25) is 10.0 Å². The van der Waals surface area contributed by atoms with E-state index in [1.165, 1.54) is 18.2 Å². The van der Waals surface area contributed by atoms with E-state index >= 15 is 0 Å². The fraction of sp³-hybridized carbons (Fsp3) is 0.300. The number of carbonyl (C=O) groups excluding carboxylic acids is 2. The van der Waals surface area contributed by atoms with Crippen LogP contribution in [0, 0.1) is 5.82 Å². The van der Waals surface area contributed by atoms with E-state index < -0.39 is 29.7 Å². The van der Waals surface area contributed by atoms with Gasteiger partial charge in [-0.05, 0) is 50.1 Å². The average Bonchev–Trinajstić information content (AvgIpc) is 2.85. The number of fused-ring (bicyclic) bond motifs is 1. The van der Waals surface area contributed by atoms with Gasteiger partial charge in [0.05, 0.1) is 28.3 Å². The van der Waals surface area contributed by atoms with Gasteiger partial charge in [0.15, 0.2) is 0 Å². The molecule has 2 unspecified atom stereocenters. The number of hydrogen-bond acceptors (Lipinski definition) is 3. The number of halogens is 3. The highest BCUT2D eigenvalue weighted by Crippen LogP contribution is 2.32. The van der Waals surface area contributed by atoms with Crippen LogP contribution in [0.1, 0.15) is 41.7 Å². The molecule has 0 aliphatic carbocycles. The lowest BCUT2D eigenvalue weighted by molar-refractivity contribution is -0.123. The van der Waals surface area contributed by atoms with Crippen molar-refractivity contribution in [1.29, 1.82) is 0 Å². The van der Waals surface area contributed by atoms with Gasteiger partial charge in [0.2, 0.25) is 5.91 Å². The standard InChI is InChI=1S/C20H19Cl2FN2O3/c1-11(24-20(27)13-4-2-5-15(21)18(13)22)19(26)25-16-6-3-9-28-17-8-7-12(23)10-14(16)17/h2,4-5,7-8,10-11,16H,3,6,9H2,1H3,(H,24,27)(H,25,26). The van der Waals surface area contributed by atoms with E-state index in [0.29, 0.717) is 30.8 Å². The Bertz CT molecular complexity index is 907. The van der Waals surface area contributed by atoms with Crippen LogP contribution in [0.25, 0.3) is 0 Å². The lowest BCUT2D eigenvalue weighted by Gasteiger charge is -2.21. The molecule has 0 bridgehead atoms. The van der Waals surface area contributed by atoms with E-state index in [1.807, 2.05) is 0 Å². The van der Waals surface area contributed by atoms with Gasteiger partial charge in [-0.2, -0.15) is 0 Å². The van der Waals surface area contributed by atoms with Gasteiger partial charge in [0.25, 0.3) is 5.91 Å². The number of benzene rings is 2. The third-order valence-corrected chi connectivity index (χ3v) is 5.31. The summed E-state index contributed by atoms with van der Waals surface area (Å²) in [5.74, 6) is -0.758. The van der Waals surface area contributed by atoms with Crippen molar-refractivity contribution >= 4 is 35.0 Å². The number of nitrogens with one attached hydrogen (secondary N) is 2. The van der Waals surface area contributed by atoms with Crippen molar-refractivity contribution in [3.8, 4) is 5.75 Å². The minimum Gasteiger partial charge on any atom is -0.493 e. The normalized spacial score (nSPS) is 16.9. The Morgan fingerprint density at radius 2 is 2.04 bits per heavy atom. The molecule has 8 heteroatoms. The predicted octanol–water partition coefficient (Wildman–Crippen LogP) is 4.28. The fourth-order valence-corrected chi connectivity index (χ4v) is 3.40. The van der Waals surface area contributed by atoms with Crippen LogP contribution < -0.4 is 15.4 Å². The van der Waals surface area contributed by atoms with Crippen molar-refractivity contribution in [3.63, 3.8) is 0 Å². The number of hydrogen-bond donors (Lipinski definition) is 2. The molecule has 1 heterocycles. The molecule has 0 radical (unpaired) electrons. The van der Waals surface area contributed by atoms with Crippen LogP contribution in [0.15, 0.2) is 36.4 Å². The van der Waals surface area contributed by atoms with Crippen LogP contribution in [0.3, 0.4) is 0 Å². The molecule has 2 aromatic carbocycles. The molecule has 1 aliphatic heterocycles. The van der Waals surface area contributed by atoms with Gasteiger partial charge in [-0.25, -0.2) is 4.39 Å². The van der Waals surface area contributed by atoms with Gasteiger partial charge in [-0.15, -0.1) is 0 Å². The molecule has 1 aliphatic rings. The van der Waals surface area contributed by atoms with Crippen molar-refractivity contribution in [2.45, 2.75) is 31.8 Å². The summed E-state index contributed by atoms with van der Waals surface area (Å²) < 4.78 is 19.3. The Balaban J connectivity index is 1.70. The molecule has 2 N–H and O–H groups in total. The lowest BCUT2D eigenvalue weighted by Crippen LogP contribution is -2.45. The third-order valence-electron chi connectivity index (χ3n) is 4.50. The minimum atomic E-state index is -0.830. The molecule has 2 aromatic rings. The van der Waals surface area contributed by atoms with E-state index in [9.17, 15) is 14.0 Å². The molecule has 28 heavy (non-hydrogen) atoms. The maximum atomic E-state index is 13.7. The zero-order valence-corrected chi connectivity index (χ0v) is 16.6. The second kappa shape index (κ2) is 8.80. The van der Waals surface area contributed by atoms with Gasteiger partial charge in [0, 0.05) is 5.56 Å². The first kappa shape index (κ1) is 20.4. The van der Waals surface area contributed by atoms with Crippen molar-refractivity contribution in [3.05, 3.63) is 63.4 Å². The van der Waals surface area contributed by atoms with Crippen LogP contribution in [-0.2, 0) is 4.79 Å². The lowest BCUT2D eigenvalue weighted by atomic mass is 10.0. The number of ether oxygens (including phenoxy) is 1. The van der Waals surface area contributed by atoms with Crippen LogP contribution in [0.5, 0.6) is 5.75 Å². The molecule has 0 spiro atoms. The SMILES string of the molecule is CC(NC(=O)c1cccc(Cl)c1Cl)C(=O)NC1CCCOc2ccc(F)cc21. The van der Waals surface area contributed by atoms with Crippen LogP contribution >= 0.6 is 23.2 Å². The molecule has 0 saturated carbocycles. The van der Waals surface area contributed by atoms with Gasteiger partial charge < -0.3 is 15.4 Å². The molecule has 5 nitrogen and oxygen atoms in total. The predicted molar refractivity (Wildman–Crippen MR) is 105 cm³/mol. The van der Waals surface area contributed by atoms with E-state index in [-0.39, 0.29) is 15.6 Å². The molecule has 2 atom stereocenters. The number of amides is 2. The zero-order chi connectivity index (χ0) is 20.3. The van der Waals surface area contributed by atoms with Gasteiger partial charge >= 0.3 is 0 Å². The summed E-state index contributed by atoms with van der Waals surface area (Å²) in [5.41, 5.74) is 0.770. The molecule has 2 amide bonds. The Hall–Kier alpha value is -2.31. The van der Waals surface area contributed by atoms with E-state index in [0.717, 1.165) is 0 Å². The van der Waals surface area contributed by atoms with Crippen LogP contribution in [0.4, 0.5) is 4.39 Å².